The van der Waals surface area contributed by atoms with Crippen LogP contribution < -0.4 is 10.6 Å². The van der Waals surface area contributed by atoms with E-state index < -0.39 is 6.04 Å². The van der Waals surface area contributed by atoms with E-state index in [0.29, 0.717) is 17.1 Å². The van der Waals surface area contributed by atoms with Crippen molar-refractivity contribution < 1.29 is 14.3 Å². The van der Waals surface area contributed by atoms with Crippen molar-refractivity contribution in [1.82, 2.24) is 5.32 Å². The SMILES string of the molecule is COC(=O)C(NCCC(=O)Nc1sccc1C#N)C(C)C. The van der Waals surface area contributed by atoms with Gasteiger partial charge in [-0.05, 0) is 17.4 Å². The Labute approximate surface area is 128 Å². The number of rotatable bonds is 7. The standard InChI is InChI=1S/C14H19N3O3S/c1-9(2)12(14(19)20-3)16-6-4-11(18)17-13-10(8-15)5-7-21-13/h5,7,9,12,16H,4,6H2,1-3H3,(H,17,18). The minimum absolute atomic E-state index is 0.0722. The summed E-state index contributed by atoms with van der Waals surface area (Å²) in [5, 5.41) is 16.9. The number of hydrogen-bond donors (Lipinski definition) is 2. The number of thiophene rings is 1. The molecule has 114 valence electrons. The van der Waals surface area contributed by atoms with Gasteiger partial charge in [-0.3, -0.25) is 9.59 Å². The predicted octanol–water partition coefficient (Wildman–Crippen LogP) is 1.74. The first kappa shape index (κ1) is 17.1. The van der Waals surface area contributed by atoms with Gasteiger partial charge in [0.15, 0.2) is 0 Å². The molecule has 1 atom stereocenters. The van der Waals surface area contributed by atoms with Gasteiger partial charge in [-0.25, -0.2) is 0 Å². The summed E-state index contributed by atoms with van der Waals surface area (Å²) in [6.07, 6.45) is 0.211. The van der Waals surface area contributed by atoms with Gasteiger partial charge < -0.3 is 15.4 Å². The molecule has 1 rings (SSSR count). The van der Waals surface area contributed by atoms with Gasteiger partial charge in [-0.15, -0.1) is 11.3 Å². The maximum atomic E-state index is 11.8. The Bertz CT molecular complexity index is 534. The number of nitriles is 1. The van der Waals surface area contributed by atoms with E-state index in [0.717, 1.165) is 0 Å². The fourth-order valence-corrected chi connectivity index (χ4v) is 2.50. The Morgan fingerprint density at radius 3 is 2.76 bits per heavy atom. The lowest BCUT2D eigenvalue weighted by Gasteiger charge is -2.19. The van der Waals surface area contributed by atoms with Crippen LogP contribution >= 0.6 is 11.3 Å². The lowest BCUT2D eigenvalue weighted by atomic mass is 10.0. The fraction of sp³-hybridized carbons (Fsp3) is 0.500. The molecule has 0 aromatic carbocycles. The number of nitrogens with zero attached hydrogens (tertiary/aromatic N) is 1. The first-order valence-electron chi connectivity index (χ1n) is 6.58. The molecule has 1 unspecified atom stereocenters. The Balaban J connectivity index is 2.43. The van der Waals surface area contributed by atoms with Crippen LogP contribution in [-0.4, -0.2) is 31.6 Å². The van der Waals surface area contributed by atoms with Gasteiger partial charge in [-0.1, -0.05) is 13.8 Å². The second-order valence-electron chi connectivity index (χ2n) is 4.77. The number of amides is 1. The number of carbonyl (C=O) groups excluding carboxylic acids is 2. The summed E-state index contributed by atoms with van der Waals surface area (Å²) in [5.41, 5.74) is 0.455. The fourth-order valence-electron chi connectivity index (χ4n) is 1.74. The predicted molar refractivity (Wildman–Crippen MR) is 80.9 cm³/mol. The molecule has 0 saturated carbocycles. The van der Waals surface area contributed by atoms with Gasteiger partial charge >= 0.3 is 5.97 Å². The number of ether oxygens (including phenoxy) is 1. The highest BCUT2D eigenvalue weighted by molar-refractivity contribution is 7.14. The highest BCUT2D eigenvalue weighted by atomic mass is 32.1. The van der Waals surface area contributed by atoms with Crippen LogP contribution in [0.4, 0.5) is 5.00 Å². The molecule has 2 N–H and O–H groups in total. The summed E-state index contributed by atoms with van der Waals surface area (Å²) in [6, 6.07) is 3.24. The van der Waals surface area contributed by atoms with Crippen LogP contribution in [0.2, 0.25) is 0 Å². The topological polar surface area (TPSA) is 91.2 Å². The molecule has 7 heteroatoms. The molecule has 0 aliphatic carbocycles. The molecule has 1 aromatic rings. The number of esters is 1. The minimum atomic E-state index is -0.431. The number of nitrogens with one attached hydrogen (secondary N) is 2. The Hall–Kier alpha value is -1.91. The summed E-state index contributed by atoms with van der Waals surface area (Å²) < 4.78 is 4.71. The molecule has 0 bridgehead atoms. The molecule has 0 fully saturated rings. The van der Waals surface area contributed by atoms with E-state index in [9.17, 15) is 9.59 Å². The van der Waals surface area contributed by atoms with Gasteiger partial charge in [0.25, 0.3) is 0 Å². The molecule has 1 aromatic heterocycles. The van der Waals surface area contributed by atoms with Crippen molar-refractivity contribution in [2.45, 2.75) is 26.3 Å². The molecular weight excluding hydrogens is 290 g/mol. The van der Waals surface area contributed by atoms with E-state index in [-0.39, 0.29) is 24.2 Å². The average molecular weight is 309 g/mol. The van der Waals surface area contributed by atoms with Gasteiger partial charge in [-0.2, -0.15) is 5.26 Å². The molecule has 0 spiro atoms. The van der Waals surface area contributed by atoms with Crippen molar-refractivity contribution in [1.29, 1.82) is 5.26 Å². The number of carbonyl (C=O) groups is 2. The van der Waals surface area contributed by atoms with E-state index in [2.05, 4.69) is 10.6 Å². The average Bonchev–Trinajstić information content (AvgIpc) is 2.89. The zero-order chi connectivity index (χ0) is 15.8. The Morgan fingerprint density at radius 2 is 2.19 bits per heavy atom. The van der Waals surface area contributed by atoms with E-state index in [4.69, 9.17) is 10.00 Å². The molecule has 21 heavy (non-hydrogen) atoms. The van der Waals surface area contributed by atoms with Crippen molar-refractivity contribution in [3.05, 3.63) is 17.0 Å². The van der Waals surface area contributed by atoms with Crippen LogP contribution in [0.3, 0.4) is 0 Å². The van der Waals surface area contributed by atoms with E-state index >= 15 is 0 Å². The van der Waals surface area contributed by atoms with Crippen LogP contribution in [0.15, 0.2) is 11.4 Å². The normalized spacial score (nSPS) is 11.8. The minimum Gasteiger partial charge on any atom is -0.468 e. The smallest absolute Gasteiger partial charge is 0.323 e. The van der Waals surface area contributed by atoms with Gasteiger partial charge in [0.2, 0.25) is 5.91 Å². The number of methoxy groups -OCH3 is 1. The lowest BCUT2D eigenvalue weighted by Crippen LogP contribution is -2.42. The van der Waals surface area contributed by atoms with Crippen molar-refractivity contribution >= 4 is 28.2 Å². The molecular formula is C14H19N3O3S. The largest absolute Gasteiger partial charge is 0.468 e. The quantitative estimate of drug-likeness (QED) is 0.749. The van der Waals surface area contributed by atoms with Gasteiger partial charge in [0, 0.05) is 13.0 Å². The zero-order valence-electron chi connectivity index (χ0n) is 12.3. The van der Waals surface area contributed by atoms with Crippen LogP contribution in [0, 0.1) is 17.2 Å². The van der Waals surface area contributed by atoms with Crippen LogP contribution in [-0.2, 0) is 14.3 Å². The summed E-state index contributed by atoms with van der Waals surface area (Å²) >= 11 is 1.31. The lowest BCUT2D eigenvalue weighted by molar-refractivity contribution is -0.144. The summed E-state index contributed by atoms with van der Waals surface area (Å²) in [5.74, 6) is -0.466. The number of hydrogen-bond acceptors (Lipinski definition) is 6. The van der Waals surface area contributed by atoms with Crippen LogP contribution in [0.25, 0.3) is 0 Å². The summed E-state index contributed by atoms with van der Waals surface area (Å²) in [6.45, 7) is 4.16. The molecule has 1 amide bonds. The van der Waals surface area contributed by atoms with E-state index in [1.807, 2.05) is 19.9 Å². The molecule has 0 aliphatic rings. The Morgan fingerprint density at radius 1 is 1.48 bits per heavy atom. The van der Waals surface area contributed by atoms with Crippen molar-refractivity contribution in [2.24, 2.45) is 5.92 Å². The molecule has 0 radical (unpaired) electrons. The van der Waals surface area contributed by atoms with E-state index in [1.165, 1.54) is 18.4 Å². The second-order valence-corrected chi connectivity index (χ2v) is 5.69. The van der Waals surface area contributed by atoms with Crippen molar-refractivity contribution in [3.63, 3.8) is 0 Å². The highest BCUT2D eigenvalue weighted by Gasteiger charge is 2.22. The summed E-state index contributed by atoms with van der Waals surface area (Å²) in [4.78, 5) is 23.3. The summed E-state index contributed by atoms with van der Waals surface area (Å²) in [7, 11) is 1.34. The first-order chi connectivity index (χ1) is 9.99. The maximum Gasteiger partial charge on any atom is 0.323 e. The third-order valence-electron chi connectivity index (χ3n) is 2.88. The van der Waals surface area contributed by atoms with Gasteiger partial charge in [0.05, 0.1) is 12.7 Å². The molecule has 0 aliphatic heterocycles. The van der Waals surface area contributed by atoms with E-state index in [1.54, 1.807) is 11.4 Å². The van der Waals surface area contributed by atoms with Gasteiger partial charge in [0.1, 0.15) is 17.1 Å². The third-order valence-corrected chi connectivity index (χ3v) is 3.71. The van der Waals surface area contributed by atoms with Crippen LogP contribution in [0.5, 0.6) is 0 Å². The van der Waals surface area contributed by atoms with Crippen LogP contribution in [0.1, 0.15) is 25.8 Å². The Kier molecular flexibility index (Phi) is 6.85. The molecule has 6 nitrogen and oxygen atoms in total. The third kappa shape index (κ3) is 5.17. The second kappa shape index (κ2) is 8.39. The number of anilines is 1. The monoisotopic (exact) mass is 309 g/mol. The van der Waals surface area contributed by atoms with Crippen molar-refractivity contribution in [2.75, 3.05) is 19.0 Å². The maximum absolute atomic E-state index is 11.8. The highest BCUT2D eigenvalue weighted by Crippen LogP contribution is 2.22. The van der Waals surface area contributed by atoms with Crippen molar-refractivity contribution in [3.8, 4) is 6.07 Å². The molecule has 0 saturated heterocycles. The first-order valence-corrected chi connectivity index (χ1v) is 7.46. The molecule has 1 heterocycles. The zero-order valence-corrected chi connectivity index (χ0v) is 13.1.